The summed E-state index contributed by atoms with van der Waals surface area (Å²) in [6.45, 7) is 0.334. The summed E-state index contributed by atoms with van der Waals surface area (Å²) in [5.41, 5.74) is 5.65. The second-order valence-electron chi connectivity index (χ2n) is 5.05. The van der Waals surface area contributed by atoms with Crippen molar-refractivity contribution >= 4 is 43.0 Å². The molecule has 1 fully saturated rings. The fourth-order valence-electron chi connectivity index (χ4n) is 2.22. The standard InChI is InChI=1S/C13H15ClN2O2S2/c14-10-3-4-12-9(5-10)6-13(19-12)20(17,18)16-11(7-15)8-1-2-8/h3-6,8,11,16H,1-2,7,15H2. The van der Waals surface area contributed by atoms with Gasteiger partial charge in [-0.3, -0.25) is 0 Å². The second kappa shape index (κ2) is 5.27. The highest BCUT2D eigenvalue weighted by atomic mass is 35.5. The van der Waals surface area contributed by atoms with E-state index in [0.717, 1.165) is 22.9 Å². The lowest BCUT2D eigenvalue weighted by Crippen LogP contribution is -2.41. The Balaban J connectivity index is 1.91. The average molecular weight is 331 g/mol. The Bertz CT molecular complexity index is 738. The number of nitrogens with one attached hydrogen (secondary N) is 1. The number of hydrogen-bond donors (Lipinski definition) is 2. The molecule has 3 N–H and O–H groups in total. The van der Waals surface area contributed by atoms with E-state index in [9.17, 15) is 8.42 Å². The molecular weight excluding hydrogens is 316 g/mol. The van der Waals surface area contributed by atoms with Crippen LogP contribution in [0.25, 0.3) is 10.1 Å². The normalized spacial score (nSPS) is 17.5. The maximum Gasteiger partial charge on any atom is 0.250 e. The third-order valence-electron chi connectivity index (χ3n) is 3.47. The molecular formula is C13H15ClN2O2S2. The highest BCUT2D eigenvalue weighted by Gasteiger charge is 2.33. The van der Waals surface area contributed by atoms with Gasteiger partial charge in [-0.15, -0.1) is 11.3 Å². The summed E-state index contributed by atoms with van der Waals surface area (Å²) in [5, 5.41) is 1.45. The molecule has 0 spiro atoms. The summed E-state index contributed by atoms with van der Waals surface area (Å²) >= 11 is 7.17. The quantitative estimate of drug-likeness (QED) is 0.885. The van der Waals surface area contributed by atoms with Gasteiger partial charge in [0, 0.05) is 22.3 Å². The van der Waals surface area contributed by atoms with Gasteiger partial charge in [0.05, 0.1) is 0 Å². The van der Waals surface area contributed by atoms with Gasteiger partial charge in [-0.1, -0.05) is 11.6 Å². The minimum absolute atomic E-state index is 0.159. The lowest BCUT2D eigenvalue weighted by Gasteiger charge is -2.15. The van der Waals surface area contributed by atoms with Crippen LogP contribution in [0.4, 0.5) is 0 Å². The summed E-state index contributed by atoms with van der Waals surface area (Å²) in [4.78, 5) is 0. The smallest absolute Gasteiger partial charge is 0.250 e. The fourth-order valence-corrected chi connectivity index (χ4v) is 5.11. The van der Waals surface area contributed by atoms with E-state index in [1.807, 2.05) is 6.07 Å². The maximum absolute atomic E-state index is 12.4. The van der Waals surface area contributed by atoms with E-state index < -0.39 is 10.0 Å². The van der Waals surface area contributed by atoms with Crippen LogP contribution in [0.15, 0.2) is 28.5 Å². The van der Waals surface area contributed by atoms with Crippen molar-refractivity contribution in [1.82, 2.24) is 4.72 Å². The molecule has 1 atom stereocenters. The Morgan fingerprint density at radius 3 is 2.80 bits per heavy atom. The molecule has 1 unspecified atom stereocenters. The van der Waals surface area contributed by atoms with Gasteiger partial charge in [-0.25, -0.2) is 13.1 Å². The van der Waals surface area contributed by atoms with Crippen molar-refractivity contribution in [2.24, 2.45) is 11.7 Å². The molecule has 20 heavy (non-hydrogen) atoms. The van der Waals surface area contributed by atoms with Crippen LogP contribution in [0.1, 0.15) is 12.8 Å². The molecule has 0 radical (unpaired) electrons. The van der Waals surface area contributed by atoms with Crippen molar-refractivity contribution in [3.05, 3.63) is 29.3 Å². The van der Waals surface area contributed by atoms with E-state index in [1.165, 1.54) is 11.3 Å². The van der Waals surface area contributed by atoms with Crippen molar-refractivity contribution < 1.29 is 8.42 Å². The third kappa shape index (κ3) is 2.84. The van der Waals surface area contributed by atoms with Crippen LogP contribution in [-0.2, 0) is 10.0 Å². The minimum atomic E-state index is -3.51. The molecule has 1 heterocycles. The molecule has 2 aromatic rings. The van der Waals surface area contributed by atoms with Crippen LogP contribution in [0, 0.1) is 5.92 Å². The van der Waals surface area contributed by atoms with Crippen LogP contribution in [-0.4, -0.2) is 21.0 Å². The molecule has 1 aliphatic rings. The van der Waals surface area contributed by atoms with Gasteiger partial charge < -0.3 is 5.73 Å². The molecule has 0 saturated heterocycles. The number of halogens is 1. The summed E-state index contributed by atoms with van der Waals surface area (Å²) < 4.78 is 28.7. The Hall–Kier alpha value is -0.660. The van der Waals surface area contributed by atoms with E-state index >= 15 is 0 Å². The number of fused-ring (bicyclic) bond motifs is 1. The first-order valence-electron chi connectivity index (χ1n) is 6.41. The summed E-state index contributed by atoms with van der Waals surface area (Å²) in [7, 11) is -3.51. The zero-order valence-corrected chi connectivity index (χ0v) is 13.1. The van der Waals surface area contributed by atoms with Crippen LogP contribution >= 0.6 is 22.9 Å². The zero-order chi connectivity index (χ0) is 14.3. The van der Waals surface area contributed by atoms with Crippen molar-refractivity contribution in [3.8, 4) is 0 Å². The van der Waals surface area contributed by atoms with Crippen LogP contribution in [0.5, 0.6) is 0 Å². The zero-order valence-electron chi connectivity index (χ0n) is 10.7. The highest BCUT2D eigenvalue weighted by Crippen LogP contribution is 2.34. The number of thiophene rings is 1. The minimum Gasteiger partial charge on any atom is -0.329 e. The molecule has 3 rings (SSSR count). The molecule has 7 heteroatoms. The fraction of sp³-hybridized carbons (Fsp3) is 0.385. The summed E-state index contributed by atoms with van der Waals surface area (Å²) in [6.07, 6.45) is 2.10. The molecule has 1 aromatic heterocycles. The lowest BCUT2D eigenvalue weighted by atomic mass is 10.2. The number of benzene rings is 1. The Morgan fingerprint density at radius 2 is 2.15 bits per heavy atom. The number of hydrogen-bond acceptors (Lipinski definition) is 4. The van der Waals surface area contributed by atoms with Crippen LogP contribution in [0.2, 0.25) is 5.02 Å². The van der Waals surface area contributed by atoms with Gasteiger partial charge >= 0.3 is 0 Å². The van der Waals surface area contributed by atoms with Crippen molar-refractivity contribution in [1.29, 1.82) is 0 Å². The van der Waals surface area contributed by atoms with E-state index in [1.54, 1.807) is 18.2 Å². The Kier molecular flexibility index (Phi) is 3.77. The second-order valence-corrected chi connectivity index (χ2v) is 8.51. The third-order valence-corrected chi connectivity index (χ3v) is 6.79. The van der Waals surface area contributed by atoms with Gasteiger partial charge in [0.25, 0.3) is 0 Å². The van der Waals surface area contributed by atoms with Gasteiger partial charge in [-0.2, -0.15) is 0 Å². The van der Waals surface area contributed by atoms with Crippen molar-refractivity contribution in [2.45, 2.75) is 23.1 Å². The molecule has 0 amide bonds. The van der Waals surface area contributed by atoms with E-state index in [4.69, 9.17) is 17.3 Å². The summed E-state index contributed by atoms with van der Waals surface area (Å²) in [6, 6.07) is 6.87. The first kappa shape index (κ1) is 14.3. The Labute approximate surface area is 127 Å². The van der Waals surface area contributed by atoms with Gasteiger partial charge in [0.2, 0.25) is 10.0 Å². The molecule has 1 aliphatic carbocycles. The predicted octanol–water partition coefficient (Wildman–Crippen LogP) is 2.57. The first-order valence-corrected chi connectivity index (χ1v) is 9.09. The molecule has 108 valence electrons. The van der Waals surface area contributed by atoms with Crippen LogP contribution in [0.3, 0.4) is 0 Å². The molecule has 0 aliphatic heterocycles. The van der Waals surface area contributed by atoms with Crippen molar-refractivity contribution in [3.63, 3.8) is 0 Å². The lowest BCUT2D eigenvalue weighted by molar-refractivity contribution is 0.520. The first-order chi connectivity index (χ1) is 9.49. The van der Waals surface area contributed by atoms with Gasteiger partial charge in [0.15, 0.2) is 0 Å². The monoisotopic (exact) mass is 330 g/mol. The number of nitrogens with two attached hydrogens (primary N) is 1. The molecule has 1 aromatic carbocycles. The van der Waals surface area contributed by atoms with Gasteiger partial charge in [0.1, 0.15) is 4.21 Å². The topological polar surface area (TPSA) is 72.2 Å². The van der Waals surface area contributed by atoms with Crippen LogP contribution < -0.4 is 10.5 Å². The van der Waals surface area contributed by atoms with Crippen molar-refractivity contribution in [2.75, 3.05) is 6.54 Å². The predicted molar refractivity (Wildman–Crippen MR) is 82.7 cm³/mol. The van der Waals surface area contributed by atoms with E-state index in [-0.39, 0.29) is 6.04 Å². The number of sulfonamides is 1. The molecule has 1 saturated carbocycles. The largest absolute Gasteiger partial charge is 0.329 e. The van der Waals surface area contributed by atoms with E-state index in [0.29, 0.717) is 21.7 Å². The van der Waals surface area contributed by atoms with E-state index in [2.05, 4.69) is 4.72 Å². The SMILES string of the molecule is NCC(NS(=O)(=O)c1cc2cc(Cl)ccc2s1)C1CC1. The summed E-state index contributed by atoms with van der Waals surface area (Å²) in [5.74, 6) is 0.388. The number of rotatable bonds is 5. The Morgan fingerprint density at radius 1 is 1.40 bits per heavy atom. The molecule has 4 nitrogen and oxygen atoms in total. The van der Waals surface area contributed by atoms with Gasteiger partial charge in [-0.05, 0) is 48.4 Å². The average Bonchev–Trinajstić information content (AvgIpc) is 3.15. The molecule has 0 bridgehead atoms. The maximum atomic E-state index is 12.4. The highest BCUT2D eigenvalue weighted by molar-refractivity contribution is 7.91.